The first-order chi connectivity index (χ1) is 20.6. The van der Waals surface area contributed by atoms with Crippen molar-refractivity contribution in [3.63, 3.8) is 0 Å². The molecule has 8 nitrogen and oxygen atoms in total. The van der Waals surface area contributed by atoms with Gasteiger partial charge < -0.3 is 20.3 Å². The van der Waals surface area contributed by atoms with E-state index in [9.17, 15) is 9.18 Å². The second-order valence-corrected chi connectivity index (χ2v) is 13.5. The quantitative estimate of drug-likeness (QED) is 0.293. The van der Waals surface area contributed by atoms with E-state index in [0.29, 0.717) is 58.5 Å². The zero-order valence-electron chi connectivity index (χ0n) is 26.1. The van der Waals surface area contributed by atoms with Gasteiger partial charge >= 0.3 is 0 Å². The summed E-state index contributed by atoms with van der Waals surface area (Å²) in [4.78, 5) is 25.4. The Hall–Kier alpha value is -3.46. The van der Waals surface area contributed by atoms with E-state index in [2.05, 4.69) is 48.2 Å². The van der Waals surface area contributed by atoms with E-state index in [1.165, 1.54) is 26.0 Å². The number of aromatic nitrogens is 2. The Morgan fingerprint density at radius 1 is 1.21 bits per heavy atom. The SMILES string of the molecule is COc1ccc(CCn2cnc3cc(N/C(=N/CC4C[C@@H]5C[C@H]([C@H]4C)C5(C)C)N4CCN[C@@H](C)C4)ccc3c2=O)c(F)c1. The lowest BCUT2D eigenvalue weighted by Gasteiger charge is -2.62. The lowest BCUT2D eigenvalue weighted by molar-refractivity contribution is -0.126. The summed E-state index contributed by atoms with van der Waals surface area (Å²) in [7, 11) is 1.51. The van der Waals surface area contributed by atoms with Gasteiger partial charge in [-0.2, -0.15) is 0 Å². The van der Waals surface area contributed by atoms with Crippen LogP contribution in [0.1, 0.15) is 46.1 Å². The summed E-state index contributed by atoms with van der Waals surface area (Å²) < 4.78 is 21.1. The van der Waals surface area contributed by atoms with Crippen LogP contribution in [0, 0.1) is 34.9 Å². The number of aryl methyl sites for hydroxylation is 2. The Morgan fingerprint density at radius 2 is 2.05 bits per heavy atom. The fourth-order valence-corrected chi connectivity index (χ4v) is 7.67. The predicted molar refractivity (Wildman–Crippen MR) is 170 cm³/mol. The molecule has 230 valence electrons. The van der Waals surface area contributed by atoms with Crippen molar-refractivity contribution in [2.75, 3.05) is 38.6 Å². The minimum absolute atomic E-state index is 0.136. The monoisotopic (exact) mass is 588 g/mol. The molecule has 2 N–H and O–H groups in total. The van der Waals surface area contributed by atoms with Crippen molar-refractivity contribution in [2.45, 2.75) is 59.5 Å². The van der Waals surface area contributed by atoms with Crippen molar-refractivity contribution in [3.05, 3.63) is 64.5 Å². The number of nitrogens with zero attached hydrogens (tertiary/aromatic N) is 4. The Bertz CT molecular complexity index is 1570. The summed E-state index contributed by atoms with van der Waals surface area (Å²) in [6.45, 7) is 13.4. The van der Waals surface area contributed by atoms with Crippen LogP contribution in [0.3, 0.4) is 0 Å². The van der Waals surface area contributed by atoms with Crippen LogP contribution in [0.4, 0.5) is 10.1 Å². The molecule has 1 aromatic heterocycles. The molecule has 1 unspecified atom stereocenters. The molecule has 3 aliphatic carbocycles. The molecule has 0 amide bonds. The van der Waals surface area contributed by atoms with E-state index in [-0.39, 0.29) is 11.4 Å². The molecule has 2 heterocycles. The van der Waals surface area contributed by atoms with Crippen molar-refractivity contribution in [2.24, 2.45) is 34.1 Å². The van der Waals surface area contributed by atoms with Gasteiger partial charge in [0, 0.05) is 50.5 Å². The minimum Gasteiger partial charge on any atom is -0.497 e. The van der Waals surface area contributed by atoms with Crippen LogP contribution in [0.15, 0.2) is 52.5 Å². The third-order valence-corrected chi connectivity index (χ3v) is 10.6. The Labute approximate surface area is 253 Å². The maximum Gasteiger partial charge on any atom is 0.261 e. The summed E-state index contributed by atoms with van der Waals surface area (Å²) in [5.74, 6) is 3.93. The number of hydrogen-bond donors (Lipinski definition) is 2. The number of piperazine rings is 1. The van der Waals surface area contributed by atoms with E-state index >= 15 is 0 Å². The van der Waals surface area contributed by atoms with E-state index in [1.807, 2.05) is 18.2 Å². The van der Waals surface area contributed by atoms with Crippen LogP contribution in [0.25, 0.3) is 10.9 Å². The van der Waals surface area contributed by atoms with E-state index in [4.69, 9.17) is 9.73 Å². The molecule has 1 saturated heterocycles. The number of methoxy groups -OCH3 is 1. The Morgan fingerprint density at radius 3 is 2.77 bits per heavy atom. The van der Waals surface area contributed by atoms with Gasteiger partial charge in [0.2, 0.25) is 0 Å². The Kier molecular flexibility index (Phi) is 8.20. The minimum atomic E-state index is -0.341. The van der Waals surface area contributed by atoms with Gasteiger partial charge in [0.1, 0.15) is 11.6 Å². The molecule has 5 atom stereocenters. The maximum atomic E-state index is 14.4. The summed E-state index contributed by atoms with van der Waals surface area (Å²) in [6, 6.07) is 10.9. The number of nitrogens with one attached hydrogen (secondary N) is 2. The van der Waals surface area contributed by atoms with Gasteiger partial charge in [-0.15, -0.1) is 0 Å². The van der Waals surface area contributed by atoms with Crippen molar-refractivity contribution in [1.29, 1.82) is 0 Å². The van der Waals surface area contributed by atoms with Gasteiger partial charge in [-0.3, -0.25) is 14.4 Å². The molecule has 3 saturated carbocycles. The van der Waals surface area contributed by atoms with Gasteiger partial charge in [-0.1, -0.05) is 26.8 Å². The molecule has 2 bridgehead atoms. The van der Waals surface area contributed by atoms with Crippen molar-refractivity contribution >= 4 is 22.5 Å². The highest BCUT2D eigenvalue weighted by Gasteiger charge is 2.55. The molecular weight excluding hydrogens is 543 g/mol. The number of halogens is 1. The van der Waals surface area contributed by atoms with Gasteiger partial charge in [-0.25, -0.2) is 9.37 Å². The van der Waals surface area contributed by atoms with Gasteiger partial charge in [0.05, 0.1) is 24.3 Å². The number of fused-ring (bicyclic) bond motifs is 3. The molecule has 4 fully saturated rings. The van der Waals surface area contributed by atoms with Gasteiger partial charge in [-0.05, 0) is 85.1 Å². The third kappa shape index (κ3) is 5.88. The molecule has 0 spiro atoms. The van der Waals surface area contributed by atoms with Gasteiger partial charge in [0.25, 0.3) is 5.56 Å². The average Bonchev–Trinajstić information content (AvgIpc) is 2.99. The zero-order valence-corrected chi connectivity index (χ0v) is 26.1. The first kappa shape index (κ1) is 29.6. The van der Waals surface area contributed by atoms with Crippen LogP contribution in [-0.2, 0) is 13.0 Å². The lowest BCUT2D eigenvalue weighted by atomic mass is 9.43. The fraction of sp³-hybridized carbons (Fsp3) is 0.559. The van der Waals surface area contributed by atoms with Crippen LogP contribution in [0.5, 0.6) is 5.75 Å². The number of benzene rings is 2. The largest absolute Gasteiger partial charge is 0.497 e. The summed E-state index contributed by atoms with van der Waals surface area (Å²) in [6.07, 6.45) is 4.57. The summed E-state index contributed by atoms with van der Waals surface area (Å²) >= 11 is 0. The van der Waals surface area contributed by atoms with Crippen molar-refractivity contribution in [1.82, 2.24) is 19.8 Å². The molecule has 43 heavy (non-hydrogen) atoms. The first-order valence-corrected chi connectivity index (χ1v) is 15.8. The molecule has 0 radical (unpaired) electrons. The number of anilines is 1. The third-order valence-electron chi connectivity index (χ3n) is 10.6. The van der Waals surface area contributed by atoms with E-state index in [1.54, 1.807) is 23.0 Å². The second kappa shape index (κ2) is 11.9. The molecule has 2 aromatic carbocycles. The zero-order chi connectivity index (χ0) is 30.3. The second-order valence-electron chi connectivity index (χ2n) is 13.5. The lowest BCUT2D eigenvalue weighted by Crippen LogP contribution is -2.55. The topological polar surface area (TPSA) is 83.8 Å². The smallest absolute Gasteiger partial charge is 0.261 e. The van der Waals surface area contributed by atoms with Gasteiger partial charge in [0.15, 0.2) is 5.96 Å². The Balaban J connectivity index is 1.19. The molecule has 1 aliphatic heterocycles. The predicted octanol–water partition coefficient (Wildman–Crippen LogP) is 5.17. The molecular formula is C34H45FN6O2. The first-order valence-electron chi connectivity index (χ1n) is 15.8. The molecule has 4 aliphatic rings. The maximum absolute atomic E-state index is 14.4. The van der Waals surface area contributed by atoms with Crippen molar-refractivity contribution in [3.8, 4) is 5.75 Å². The summed E-state index contributed by atoms with van der Waals surface area (Å²) in [5.41, 5.74) is 2.35. The molecule has 7 rings (SSSR count). The van der Waals surface area contributed by atoms with Crippen LogP contribution in [-0.4, -0.2) is 59.7 Å². The van der Waals surface area contributed by atoms with Crippen LogP contribution in [0.2, 0.25) is 0 Å². The van der Waals surface area contributed by atoms with Crippen LogP contribution < -0.4 is 20.9 Å². The standard InChI is InChI=1S/C34H45FN6O2/c1-21-19-40(13-11-36-21)33(37-18-24-14-25-15-29(22(24)2)34(25,3)4)39-26-7-9-28-31(16-26)38-20-41(32(28)42)12-10-23-6-8-27(43-5)17-30(23)35/h6-9,16-17,20-22,24-25,29,36H,10-15,18-19H2,1-5H3,(H,37,39)/t21-,22-,24?,25+,29+/m0/s1. The highest BCUT2D eigenvalue weighted by atomic mass is 19.1. The summed E-state index contributed by atoms with van der Waals surface area (Å²) in [5, 5.41) is 7.67. The number of ether oxygens (including phenoxy) is 1. The fourth-order valence-electron chi connectivity index (χ4n) is 7.67. The number of hydrogen-bond acceptors (Lipinski definition) is 5. The number of rotatable bonds is 7. The van der Waals surface area contributed by atoms with Crippen LogP contribution >= 0.6 is 0 Å². The molecule has 9 heteroatoms. The highest BCUT2D eigenvalue weighted by Crippen LogP contribution is 2.62. The molecule has 3 aromatic rings. The highest BCUT2D eigenvalue weighted by molar-refractivity contribution is 5.95. The number of aliphatic imine (C=N–C) groups is 1. The van der Waals surface area contributed by atoms with E-state index in [0.717, 1.165) is 49.7 Å². The normalized spacial score (nSPS) is 26.7. The van der Waals surface area contributed by atoms with E-state index < -0.39 is 0 Å². The number of guanidine groups is 1. The van der Waals surface area contributed by atoms with Crippen molar-refractivity contribution < 1.29 is 9.13 Å². The average molecular weight is 589 g/mol.